The fraction of sp³-hybridized carbons (Fsp3) is 0.588. The lowest BCUT2D eigenvalue weighted by Gasteiger charge is -2.26. The zero-order valence-corrected chi connectivity index (χ0v) is 13.6. The van der Waals surface area contributed by atoms with Crippen molar-refractivity contribution in [3.05, 3.63) is 29.8 Å². The molecule has 4 nitrogen and oxygen atoms in total. The Morgan fingerprint density at radius 1 is 1.29 bits per heavy atom. The van der Waals surface area contributed by atoms with Gasteiger partial charge in [0.05, 0.1) is 12.2 Å². The van der Waals surface area contributed by atoms with Crippen molar-refractivity contribution in [1.29, 1.82) is 0 Å². The summed E-state index contributed by atoms with van der Waals surface area (Å²) < 4.78 is 11.1. The molecule has 0 aliphatic carbocycles. The SMILES string of the molecule is CC(C)COC(=O)C(Cc1cccc(O)c1)OC(C)(C)C. The second-order valence-electron chi connectivity index (χ2n) is 6.62. The second-order valence-corrected chi connectivity index (χ2v) is 6.62. The minimum Gasteiger partial charge on any atom is -0.508 e. The highest BCUT2D eigenvalue weighted by molar-refractivity contribution is 5.75. The van der Waals surface area contributed by atoms with Crippen LogP contribution in [0.4, 0.5) is 0 Å². The normalized spacial score (nSPS) is 13.2. The molecule has 1 atom stereocenters. The van der Waals surface area contributed by atoms with E-state index in [1.54, 1.807) is 18.2 Å². The number of esters is 1. The minimum absolute atomic E-state index is 0.178. The summed E-state index contributed by atoms with van der Waals surface area (Å²) in [5.74, 6) is 0.101. The molecule has 0 heterocycles. The fourth-order valence-electron chi connectivity index (χ4n) is 1.84. The number of benzene rings is 1. The van der Waals surface area contributed by atoms with Crippen LogP contribution in [0.15, 0.2) is 24.3 Å². The average molecular weight is 294 g/mol. The quantitative estimate of drug-likeness (QED) is 0.818. The molecule has 21 heavy (non-hydrogen) atoms. The van der Waals surface area contributed by atoms with Gasteiger partial charge >= 0.3 is 5.97 Å². The lowest BCUT2D eigenvalue weighted by Crippen LogP contribution is -2.36. The number of carbonyl (C=O) groups excluding carboxylic acids is 1. The Morgan fingerprint density at radius 3 is 2.48 bits per heavy atom. The highest BCUT2D eigenvalue weighted by atomic mass is 16.6. The van der Waals surface area contributed by atoms with Gasteiger partial charge < -0.3 is 14.6 Å². The number of aromatic hydroxyl groups is 1. The Kier molecular flexibility index (Phi) is 6.21. The van der Waals surface area contributed by atoms with Gasteiger partial charge in [-0.05, 0) is 44.4 Å². The summed E-state index contributed by atoms with van der Waals surface area (Å²) in [4.78, 5) is 12.2. The van der Waals surface area contributed by atoms with Gasteiger partial charge in [0.2, 0.25) is 0 Å². The van der Waals surface area contributed by atoms with Gasteiger partial charge in [0.25, 0.3) is 0 Å². The van der Waals surface area contributed by atoms with E-state index in [0.29, 0.717) is 13.0 Å². The molecular weight excluding hydrogens is 268 g/mol. The van der Waals surface area contributed by atoms with E-state index in [-0.39, 0.29) is 17.6 Å². The van der Waals surface area contributed by atoms with E-state index in [0.717, 1.165) is 5.56 Å². The predicted octanol–water partition coefficient (Wildman–Crippen LogP) is 3.32. The summed E-state index contributed by atoms with van der Waals surface area (Å²) in [7, 11) is 0. The molecule has 0 radical (unpaired) electrons. The Labute approximate surface area is 127 Å². The van der Waals surface area contributed by atoms with Crippen molar-refractivity contribution in [2.45, 2.75) is 52.7 Å². The highest BCUT2D eigenvalue weighted by Gasteiger charge is 2.27. The van der Waals surface area contributed by atoms with Crippen LogP contribution in [-0.4, -0.2) is 29.4 Å². The lowest BCUT2D eigenvalue weighted by molar-refractivity contribution is -0.167. The first kappa shape index (κ1) is 17.5. The molecule has 4 heteroatoms. The molecule has 1 N–H and O–H groups in total. The third-order valence-corrected chi connectivity index (χ3v) is 2.65. The van der Waals surface area contributed by atoms with Crippen LogP contribution in [0.1, 0.15) is 40.2 Å². The average Bonchev–Trinajstić information content (AvgIpc) is 2.33. The maximum absolute atomic E-state index is 12.2. The molecule has 0 aliphatic heterocycles. The summed E-state index contributed by atoms with van der Waals surface area (Å²) in [6.07, 6.45) is -0.298. The first-order chi connectivity index (χ1) is 9.67. The van der Waals surface area contributed by atoms with Crippen LogP contribution >= 0.6 is 0 Å². The standard InChI is InChI=1S/C17H26O4/c1-12(2)11-20-16(19)15(21-17(3,4)5)10-13-7-6-8-14(18)9-13/h6-9,12,15,18H,10-11H2,1-5H3. The molecule has 0 fully saturated rings. The minimum atomic E-state index is -0.675. The summed E-state index contributed by atoms with van der Waals surface area (Å²) in [5, 5.41) is 9.52. The van der Waals surface area contributed by atoms with Crippen LogP contribution in [0, 0.1) is 5.92 Å². The Morgan fingerprint density at radius 2 is 1.95 bits per heavy atom. The Bertz CT molecular complexity index is 460. The first-order valence-corrected chi connectivity index (χ1v) is 7.30. The summed E-state index contributed by atoms with van der Waals surface area (Å²) >= 11 is 0. The molecular formula is C17H26O4. The fourth-order valence-corrected chi connectivity index (χ4v) is 1.84. The van der Waals surface area contributed by atoms with Crippen LogP contribution in [-0.2, 0) is 20.7 Å². The van der Waals surface area contributed by atoms with Gasteiger partial charge in [0, 0.05) is 6.42 Å². The molecule has 1 rings (SSSR count). The monoisotopic (exact) mass is 294 g/mol. The van der Waals surface area contributed by atoms with E-state index in [4.69, 9.17) is 9.47 Å². The zero-order valence-electron chi connectivity index (χ0n) is 13.6. The van der Waals surface area contributed by atoms with E-state index < -0.39 is 11.7 Å². The van der Waals surface area contributed by atoms with Gasteiger partial charge in [0.15, 0.2) is 6.10 Å². The molecule has 118 valence electrons. The van der Waals surface area contributed by atoms with E-state index in [1.165, 1.54) is 0 Å². The Hall–Kier alpha value is -1.55. The molecule has 0 aliphatic rings. The van der Waals surface area contributed by atoms with Crippen LogP contribution < -0.4 is 0 Å². The van der Waals surface area contributed by atoms with Gasteiger partial charge in [-0.2, -0.15) is 0 Å². The third kappa shape index (κ3) is 7.14. The van der Waals surface area contributed by atoms with Crippen molar-refractivity contribution in [3.8, 4) is 5.75 Å². The molecule has 0 amide bonds. The molecule has 0 bridgehead atoms. The van der Waals surface area contributed by atoms with Gasteiger partial charge in [0.1, 0.15) is 5.75 Å². The van der Waals surface area contributed by atoms with E-state index in [2.05, 4.69) is 0 Å². The number of carbonyl (C=O) groups is 1. The van der Waals surface area contributed by atoms with Gasteiger partial charge in [-0.15, -0.1) is 0 Å². The first-order valence-electron chi connectivity index (χ1n) is 7.30. The summed E-state index contributed by atoms with van der Waals surface area (Å²) in [6, 6.07) is 6.84. The van der Waals surface area contributed by atoms with Gasteiger partial charge in [-0.3, -0.25) is 0 Å². The van der Waals surface area contributed by atoms with Crippen molar-refractivity contribution in [2.24, 2.45) is 5.92 Å². The molecule has 0 saturated heterocycles. The van der Waals surface area contributed by atoms with Crippen LogP contribution in [0.3, 0.4) is 0 Å². The van der Waals surface area contributed by atoms with Crippen molar-refractivity contribution < 1.29 is 19.4 Å². The van der Waals surface area contributed by atoms with Crippen molar-refractivity contribution in [2.75, 3.05) is 6.61 Å². The number of hydrogen-bond donors (Lipinski definition) is 1. The van der Waals surface area contributed by atoms with Crippen molar-refractivity contribution in [1.82, 2.24) is 0 Å². The number of phenolic OH excluding ortho intramolecular Hbond substituents is 1. The van der Waals surface area contributed by atoms with Crippen LogP contribution in [0.5, 0.6) is 5.75 Å². The second kappa shape index (κ2) is 7.46. The smallest absolute Gasteiger partial charge is 0.335 e. The van der Waals surface area contributed by atoms with Crippen LogP contribution in [0.2, 0.25) is 0 Å². The third-order valence-electron chi connectivity index (χ3n) is 2.65. The van der Waals surface area contributed by atoms with Gasteiger partial charge in [-0.1, -0.05) is 26.0 Å². The van der Waals surface area contributed by atoms with E-state index in [9.17, 15) is 9.90 Å². The number of hydrogen-bond acceptors (Lipinski definition) is 4. The molecule has 0 aromatic heterocycles. The number of rotatable bonds is 6. The number of ether oxygens (including phenoxy) is 2. The number of phenols is 1. The Balaban J connectivity index is 2.79. The van der Waals surface area contributed by atoms with E-state index in [1.807, 2.05) is 40.7 Å². The zero-order chi connectivity index (χ0) is 16.0. The summed E-state index contributed by atoms with van der Waals surface area (Å²) in [5.41, 5.74) is 0.393. The van der Waals surface area contributed by atoms with E-state index >= 15 is 0 Å². The largest absolute Gasteiger partial charge is 0.508 e. The van der Waals surface area contributed by atoms with Crippen molar-refractivity contribution in [3.63, 3.8) is 0 Å². The lowest BCUT2D eigenvalue weighted by atomic mass is 10.1. The molecule has 1 aromatic rings. The van der Waals surface area contributed by atoms with Crippen molar-refractivity contribution >= 4 is 5.97 Å². The molecule has 1 unspecified atom stereocenters. The summed E-state index contributed by atoms with van der Waals surface area (Å²) in [6.45, 7) is 10.1. The van der Waals surface area contributed by atoms with Gasteiger partial charge in [-0.25, -0.2) is 4.79 Å². The molecule has 0 saturated carbocycles. The predicted molar refractivity (Wildman–Crippen MR) is 82.2 cm³/mol. The maximum Gasteiger partial charge on any atom is 0.335 e. The maximum atomic E-state index is 12.2. The van der Waals surface area contributed by atoms with Crippen LogP contribution in [0.25, 0.3) is 0 Å². The molecule has 0 spiro atoms. The topological polar surface area (TPSA) is 55.8 Å². The highest BCUT2D eigenvalue weighted by Crippen LogP contribution is 2.18. The molecule has 1 aromatic carbocycles.